The number of pyridine rings is 1. The Morgan fingerprint density at radius 2 is 1.42 bits per heavy atom. The number of aromatic nitrogens is 1. The molecule has 3 rings (SSSR count). The van der Waals surface area contributed by atoms with Gasteiger partial charge in [0.15, 0.2) is 5.58 Å². The van der Waals surface area contributed by atoms with E-state index in [1.54, 1.807) is 0 Å². The molecule has 0 aliphatic heterocycles. The van der Waals surface area contributed by atoms with Gasteiger partial charge in [0.05, 0.1) is 5.39 Å². The van der Waals surface area contributed by atoms with Crippen LogP contribution in [0.5, 0.6) is 0 Å². The average molecular weight is 253 g/mol. The molecule has 3 aromatic rings. The monoisotopic (exact) mass is 253 g/mol. The number of fused-ring (bicyclic) bond motifs is 3. The zero-order chi connectivity index (χ0) is 13.9. The summed E-state index contributed by atoms with van der Waals surface area (Å²) < 4.78 is 6.12. The zero-order valence-electron chi connectivity index (χ0n) is 12.4. The van der Waals surface area contributed by atoms with Crippen LogP contribution in [0.1, 0.15) is 33.5 Å². The third-order valence-corrected chi connectivity index (χ3v) is 4.36. The number of hydrogen-bond acceptors (Lipinski definition) is 2. The van der Waals surface area contributed by atoms with E-state index in [9.17, 15) is 0 Å². The van der Waals surface area contributed by atoms with E-state index in [1.165, 1.54) is 27.6 Å². The van der Waals surface area contributed by atoms with Crippen molar-refractivity contribution < 1.29 is 4.42 Å². The quantitative estimate of drug-likeness (QED) is 0.573. The van der Waals surface area contributed by atoms with Gasteiger partial charge in [-0.15, -0.1) is 0 Å². The summed E-state index contributed by atoms with van der Waals surface area (Å²) in [6, 6.07) is 2.08. The van der Waals surface area contributed by atoms with Gasteiger partial charge in [0.25, 0.3) is 0 Å². The number of rotatable bonds is 0. The summed E-state index contributed by atoms with van der Waals surface area (Å²) in [4.78, 5) is 4.70. The van der Waals surface area contributed by atoms with E-state index in [0.29, 0.717) is 0 Å². The van der Waals surface area contributed by atoms with E-state index in [1.807, 2.05) is 6.92 Å². The molecule has 2 nitrogen and oxygen atoms in total. The van der Waals surface area contributed by atoms with Crippen LogP contribution >= 0.6 is 0 Å². The summed E-state index contributed by atoms with van der Waals surface area (Å²) in [7, 11) is 0. The Labute approximate surface area is 113 Å². The van der Waals surface area contributed by atoms with Crippen molar-refractivity contribution in [1.82, 2.24) is 4.98 Å². The van der Waals surface area contributed by atoms with Crippen LogP contribution in [-0.2, 0) is 0 Å². The highest BCUT2D eigenvalue weighted by Gasteiger charge is 2.18. The van der Waals surface area contributed by atoms with Gasteiger partial charge in [-0.1, -0.05) is 0 Å². The predicted molar refractivity (Wildman–Crippen MR) is 79.9 cm³/mol. The van der Waals surface area contributed by atoms with Crippen LogP contribution in [0.15, 0.2) is 10.5 Å². The Balaban J connectivity index is 2.67. The van der Waals surface area contributed by atoms with Crippen molar-refractivity contribution in [2.45, 2.75) is 41.5 Å². The molecule has 1 aromatic carbocycles. The van der Waals surface area contributed by atoms with Crippen molar-refractivity contribution >= 4 is 22.1 Å². The third kappa shape index (κ3) is 1.52. The lowest BCUT2D eigenvalue weighted by Gasteiger charge is -2.09. The number of benzene rings is 1. The van der Waals surface area contributed by atoms with Crippen molar-refractivity contribution in [1.29, 1.82) is 0 Å². The van der Waals surface area contributed by atoms with Gasteiger partial charge in [-0.05, 0) is 75.4 Å². The van der Waals surface area contributed by atoms with Crippen molar-refractivity contribution in [3.05, 3.63) is 39.6 Å². The fourth-order valence-electron chi connectivity index (χ4n) is 2.92. The molecule has 0 amide bonds. The summed E-state index contributed by atoms with van der Waals surface area (Å²) in [5, 5.41) is 1.18. The van der Waals surface area contributed by atoms with Crippen LogP contribution in [0, 0.1) is 41.5 Å². The van der Waals surface area contributed by atoms with Crippen LogP contribution in [0.4, 0.5) is 0 Å². The first-order valence-corrected chi connectivity index (χ1v) is 6.68. The normalized spacial score (nSPS) is 11.7. The molecule has 19 heavy (non-hydrogen) atoms. The van der Waals surface area contributed by atoms with Gasteiger partial charge in [0, 0.05) is 5.69 Å². The Bertz CT molecular complexity index is 825. The molecule has 0 bridgehead atoms. The summed E-state index contributed by atoms with van der Waals surface area (Å²) in [6.07, 6.45) is 0. The van der Waals surface area contributed by atoms with Crippen LogP contribution in [-0.4, -0.2) is 4.98 Å². The lowest BCUT2D eigenvalue weighted by atomic mass is 9.95. The summed E-state index contributed by atoms with van der Waals surface area (Å²) in [6.45, 7) is 12.8. The maximum Gasteiger partial charge on any atom is 0.156 e. The molecule has 0 aliphatic rings. The summed E-state index contributed by atoms with van der Waals surface area (Å²) in [5.74, 6) is 0. The molecule has 0 spiro atoms. The average Bonchev–Trinajstić information content (AvgIpc) is 2.73. The van der Waals surface area contributed by atoms with E-state index in [2.05, 4.69) is 40.7 Å². The van der Waals surface area contributed by atoms with E-state index >= 15 is 0 Å². The lowest BCUT2D eigenvalue weighted by molar-refractivity contribution is 0.660. The molecule has 0 aliphatic carbocycles. The molecule has 2 heteroatoms. The standard InChI is InChI=1S/C17H19NO/c1-8-7-9(2)18-15-14-12(5)10(3)11(4)13(6)17(14)19-16(8)15/h7H,1-6H3. The zero-order valence-corrected chi connectivity index (χ0v) is 12.4. The van der Waals surface area contributed by atoms with E-state index in [0.717, 1.165) is 27.9 Å². The minimum atomic E-state index is 0.928. The number of furan rings is 1. The second-order valence-corrected chi connectivity index (χ2v) is 5.56. The van der Waals surface area contributed by atoms with Crippen molar-refractivity contribution in [3.63, 3.8) is 0 Å². The van der Waals surface area contributed by atoms with Crippen LogP contribution in [0.25, 0.3) is 22.1 Å². The number of aryl methyl sites for hydroxylation is 4. The van der Waals surface area contributed by atoms with E-state index < -0.39 is 0 Å². The van der Waals surface area contributed by atoms with Crippen LogP contribution < -0.4 is 0 Å². The predicted octanol–water partition coefficient (Wildman–Crippen LogP) is 4.83. The molecule has 0 saturated carbocycles. The molecular weight excluding hydrogens is 234 g/mol. The highest BCUT2D eigenvalue weighted by molar-refractivity contribution is 6.07. The second-order valence-electron chi connectivity index (χ2n) is 5.56. The second kappa shape index (κ2) is 3.83. The fourth-order valence-corrected chi connectivity index (χ4v) is 2.92. The summed E-state index contributed by atoms with van der Waals surface area (Å²) in [5.41, 5.74) is 10.3. The number of nitrogens with zero attached hydrogens (tertiary/aromatic N) is 1. The molecule has 0 radical (unpaired) electrons. The van der Waals surface area contributed by atoms with Gasteiger partial charge >= 0.3 is 0 Å². The molecule has 0 N–H and O–H groups in total. The first-order valence-electron chi connectivity index (χ1n) is 6.68. The lowest BCUT2D eigenvalue weighted by Crippen LogP contribution is -1.92. The fraction of sp³-hybridized carbons (Fsp3) is 0.353. The molecule has 2 heterocycles. The van der Waals surface area contributed by atoms with Crippen LogP contribution in [0.2, 0.25) is 0 Å². The highest BCUT2D eigenvalue weighted by atomic mass is 16.3. The van der Waals surface area contributed by atoms with E-state index in [-0.39, 0.29) is 0 Å². The van der Waals surface area contributed by atoms with Gasteiger partial charge in [0.1, 0.15) is 11.1 Å². The highest BCUT2D eigenvalue weighted by Crippen LogP contribution is 2.37. The minimum absolute atomic E-state index is 0.928. The first-order chi connectivity index (χ1) is 8.91. The van der Waals surface area contributed by atoms with Crippen molar-refractivity contribution in [2.75, 3.05) is 0 Å². The van der Waals surface area contributed by atoms with Gasteiger partial charge in [0.2, 0.25) is 0 Å². The molecule has 98 valence electrons. The van der Waals surface area contributed by atoms with E-state index in [4.69, 9.17) is 9.40 Å². The Kier molecular flexibility index (Phi) is 2.46. The maximum atomic E-state index is 6.12. The summed E-state index contributed by atoms with van der Waals surface area (Å²) >= 11 is 0. The third-order valence-electron chi connectivity index (χ3n) is 4.36. The number of hydrogen-bond donors (Lipinski definition) is 0. The Morgan fingerprint density at radius 3 is 2.11 bits per heavy atom. The Hall–Kier alpha value is -1.83. The molecule has 0 fully saturated rings. The molecule has 2 aromatic heterocycles. The van der Waals surface area contributed by atoms with Crippen LogP contribution in [0.3, 0.4) is 0 Å². The smallest absolute Gasteiger partial charge is 0.156 e. The van der Waals surface area contributed by atoms with Gasteiger partial charge < -0.3 is 4.42 Å². The molecular formula is C17H19NO. The molecule has 0 atom stereocenters. The Morgan fingerprint density at radius 1 is 0.789 bits per heavy atom. The SMILES string of the molecule is Cc1cc(C)c2oc3c(C)c(C)c(C)c(C)c3c2n1. The van der Waals surface area contributed by atoms with Gasteiger partial charge in [-0.25, -0.2) is 4.98 Å². The topological polar surface area (TPSA) is 26.0 Å². The first kappa shape index (κ1) is 12.2. The maximum absolute atomic E-state index is 6.12. The van der Waals surface area contributed by atoms with Crippen molar-refractivity contribution in [2.24, 2.45) is 0 Å². The largest absolute Gasteiger partial charge is 0.454 e. The van der Waals surface area contributed by atoms with Gasteiger partial charge in [-0.3, -0.25) is 0 Å². The molecule has 0 saturated heterocycles. The van der Waals surface area contributed by atoms with Crippen molar-refractivity contribution in [3.8, 4) is 0 Å². The molecule has 0 unspecified atom stereocenters. The minimum Gasteiger partial charge on any atom is -0.454 e. The van der Waals surface area contributed by atoms with Gasteiger partial charge in [-0.2, -0.15) is 0 Å².